The zero-order chi connectivity index (χ0) is 22.1. The number of aromatic amines is 1. The summed E-state index contributed by atoms with van der Waals surface area (Å²) in [5.41, 5.74) is 14.2. The van der Waals surface area contributed by atoms with Crippen molar-refractivity contribution < 1.29 is 9.90 Å². The molecule has 1 unspecified atom stereocenters. The summed E-state index contributed by atoms with van der Waals surface area (Å²) in [5, 5.41) is 9.10. The highest BCUT2D eigenvalue weighted by Crippen LogP contribution is 2.32. The van der Waals surface area contributed by atoms with Gasteiger partial charge in [0.15, 0.2) is 0 Å². The quantitative estimate of drug-likeness (QED) is 0.371. The van der Waals surface area contributed by atoms with Gasteiger partial charge in [-0.15, -0.1) is 0 Å². The van der Waals surface area contributed by atoms with E-state index in [9.17, 15) is 4.79 Å². The van der Waals surface area contributed by atoms with Crippen LogP contribution in [0.1, 0.15) is 59.0 Å². The van der Waals surface area contributed by atoms with Gasteiger partial charge in [-0.3, -0.25) is 0 Å². The number of carboxylic acid groups (broad SMARTS) is 1. The van der Waals surface area contributed by atoms with Crippen LogP contribution in [0.2, 0.25) is 0 Å². The van der Waals surface area contributed by atoms with E-state index >= 15 is 0 Å². The number of nitrogens with one attached hydrogen (secondary N) is 1. The molecular formula is C27H25N3O2. The number of nitrogens with two attached hydrogens (primary N) is 1. The summed E-state index contributed by atoms with van der Waals surface area (Å²) in [6.45, 7) is 0. The predicted octanol–water partition coefficient (Wildman–Crippen LogP) is 5.93. The molecule has 1 aromatic heterocycles. The van der Waals surface area contributed by atoms with Crippen LogP contribution in [0.5, 0.6) is 0 Å². The molecule has 3 aromatic carbocycles. The lowest BCUT2D eigenvalue weighted by Gasteiger charge is -2.13. The molecule has 1 aliphatic carbocycles. The Bertz CT molecular complexity index is 1300. The fourth-order valence-corrected chi connectivity index (χ4v) is 4.39. The van der Waals surface area contributed by atoms with Crippen LogP contribution in [0.4, 0.5) is 0 Å². The van der Waals surface area contributed by atoms with Gasteiger partial charge in [-0.05, 0) is 66.1 Å². The van der Waals surface area contributed by atoms with Crippen LogP contribution in [-0.4, -0.2) is 21.0 Å². The van der Waals surface area contributed by atoms with Crippen LogP contribution < -0.4 is 5.73 Å². The van der Waals surface area contributed by atoms with Crippen molar-refractivity contribution in [1.82, 2.24) is 9.97 Å². The first-order valence-corrected chi connectivity index (χ1v) is 11.0. The minimum atomic E-state index is -0.954. The molecule has 5 rings (SSSR count). The number of imidazole rings is 1. The van der Waals surface area contributed by atoms with Gasteiger partial charge in [-0.2, -0.15) is 0 Å². The van der Waals surface area contributed by atoms with Crippen molar-refractivity contribution in [2.24, 2.45) is 5.73 Å². The lowest BCUT2D eigenvalue weighted by Crippen LogP contribution is -2.13. The second-order valence-corrected chi connectivity index (χ2v) is 8.28. The highest BCUT2D eigenvalue weighted by molar-refractivity contribution is 5.92. The van der Waals surface area contributed by atoms with E-state index in [1.54, 1.807) is 24.3 Å². The monoisotopic (exact) mass is 423 g/mol. The maximum absolute atomic E-state index is 11.1. The number of rotatable bonds is 5. The Morgan fingerprint density at radius 2 is 1.72 bits per heavy atom. The molecule has 0 fully saturated rings. The van der Waals surface area contributed by atoms with Gasteiger partial charge < -0.3 is 15.8 Å². The molecule has 0 aliphatic heterocycles. The van der Waals surface area contributed by atoms with Gasteiger partial charge in [-0.25, -0.2) is 9.78 Å². The Balaban J connectivity index is 1.46. The Hall–Kier alpha value is -3.70. The Morgan fingerprint density at radius 3 is 2.41 bits per heavy atom. The standard InChI is InChI=1S/C27H25N3O2/c28-24(20-13-15-21(16-14-20)27(31)32)26-29-23-8-4-7-22(25(23)30-26)19-11-9-18(10-12-19)17-5-2-1-3-6-17/h4-5,7-16,24H,1-3,6,28H2,(H,29,30)(H,31,32). The number of para-hydroxylation sites is 1. The SMILES string of the molecule is NC(c1ccc(C(=O)O)cc1)c1nc2c(-c3ccc(C4=CCCCC4)cc3)cccc2[nH]1. The molecule has 0 spiro atoms. The number of aromatic carboxylic acids is 1. The summed E-state index contributed by atoms with van der Waals surface area (Å²) in [4.78, 5) is 19.3. The van der Waals surface area contributed by atoms with Gasteiger partial charge in [0.1, 0.15) is 5.82 Å². The van der Waals surface area contributed by atoms with Crippen LogP contribution in [0, 0.1) is 0 Å². The van der Waals surface area contributed by atoms with E-state index in [-0.39, 0.29) is 5.56 Å². The topological polar surface area (TPSA) is 92.0 Å². The summed E-state index contributed by atoms with van der Waals surface area (Å²) < 4.78 is 0. The zero-order valence-electron chi connectivity index (χ0n) is 17.7. The number of carboxylic acids is 1. The van der Waals surface area contributed by atoms with Crippen molar-refractivity contribution >= 4 is 22.6 Å². The average Bonchev–Trinajstić information content (AvgIpc) is 3.29. The third kappa shape index (κ3) is 3.83. The number of H-pyrrole nitrogens is 1. The van der Waals surface area contributed by atoms with E-state index in [1.807, 2.05) is 12.1 Å². The van der Waals surface area contributed by atoms with E-state index in [4.69, 9.17) is 15.8 Å². The predicted molar refractivity (Wildman–Crippen MR) is 127 cm³/mol. The van der Waals surface area contributed by atoms with Gasteiger partial charge in [-0.1, -0.05) is 54.6 Å². The summed E-state index contributed by atoms with van der Waals surface area (Å²) >= 11 is 0. The number of benzene rings is 3. The van der Waals surface area contributed by atoms with Crippen molar-refractivity contribution in [2.75, 3.05) is 0 Å². The number of hydrogen-bond donors (Lipinski definition) is 3. The van der Waals surface area contributed by atoms with E-state index < -0.39 is 12.0 Å². The molecule has 1 aliphatic rings. The highest BCUT2D eigenvalue weighted by Gasteiger charge is 2.17. The minimum absolute atomic E-state index is 0.236. The molecule has 0 saturated carbocycles. The first kappa shape index (κ1) is 20.2. The summed E-state index contributed by atoms with van der Waals surface area (Å²) in [7, 11) is 0. The number of carbonyl (C=O) groups is 1. The second kappa shape index (κ2) is 8.44. The van der Waals surface area contributed by atoms with Crippen molar-refractivity contribution in [3.63, 3.8) is 0 Å². The third-order valence-electron chi connectivity index (χ3n) is 6.20. The summed E-state index contributed by atoms with van der Waals surface area (Å²) in [6, 6.07) is 21.0. The molecule has 0 amide bonds. The maximum atomic E-state index is 11.1. The van der Waals surface area contributed by atoms with Gasteiger partial charge in [0.25, 0.3) is 0 Å². The fraction of sp³-hybridized carbons (Fsp3) is 0.185. The summed E-state index contributed by atoms with van der Waals surface area (Å²) in [6.07, 6.45) is 7.25. The number of aromatic nitrogens is 2. The smallest absolute Gasteiger partial charge is 0.335 e. The largest absolute Gasteiger partial charge is 0.478 e. The second-order valence-electron chi connectivity index (χ2n) is 8.28. The molecule has 5 heteroatoms. The van der Waals surface area contributed by atoms with E-state index in [1.165, 1.54) is 30.4 Å². The first-order chi connectivity index (χ1) is 15.6. The summed E-state index contributed by atoms with van der Waals surface area (Å²) in [5.74, 6) is -0.302. The van der Waals surface area contributed by atoms with Gasteiger partial charge in [0.05, 0.1) is 22.6 Å². The Labute approximate surface area is 186 Å². The van der Waals surface area contributed by atoms with Crippen LogP contribution in [0.15, 0.2) is 72.8 Å². The van der Waals surface area contributed by atoms with E-state index in [2.05, 4.69) is 41.4 Å². The highest BCUT2D eigenvalue weighted by atomic mass is 16.4. The van der Waals surface area contributed by atoms with E-state index in [0.717, 1.165) is 34.1 Å². The van der Waals surface area contributed by atoms with Crippen LogP contribution >= 0.6 is 0 Å². The molecule has 0 radical (unpaired) electrons. The average molecular weight is 424 g/mol. The molecule has 0 bridgehead atoms. The molecule has 32 heavy (non-hydrogen) atoms. The lowest BCUT2D eigenvalue weighted by molar-refractivity contribution is 0.0697. The van der Waals surface area contributed by atoms with Gasteiger partial charge in [0.2, 0.25) is 0 Å². The maximum Gasteiger partial charge on any atom is 0.335 e. The third-order valence-corrected chi connectivity index (χ3v) is 6.20. The van der Waals surface area contributed by atoms with Crippen molar-refractivity contribution in [1.29, 1.82) is 0 Å². The molecule has 4 N–H and O–H groups in total. The van der Waals surface area contributed by atoms with Crippen molar-refractivity contribution in [2.45, 2.75) is 31.7 Å². The van der Waals surface area contributed by atoms with Gasteiger partial charge in [0, 0.05) is 5.56 Å². The van der Waals surface area contributed by atoms with Crippen LogP contribution in [0.25, 0.3) is 27.7 Å². The normalized spacial score (nSPS) is 14.8. The van der Waals surface area contributed by atoms with Crippen molar-refractivity contribution in [3.8, 4) is 11.1 Å². The number of allylic oxidation sites excluding steroid dienone is 2. The van der Waals surface area contributed by atoms with E-state index in [0.29, 0.717) is 5.82 Å². The molecule has 160 valence electrons. The molecule has 0 saturated heterocycles. The first-order valence-electron chi connectivity index (χ1n) is 11.0. The lowest BCUT2D eigenvalue weighted by atomic mass is 9.92. The van der Waals surface area contributed by atoms with Crippen LogP contribution in [-0.2, 0) is 0 Å². The molecule has 4 aromatic rings. The zero-order valence-corrected chi connectivity index (χ0v) is 17.7. The number of hydrogen-bond acceptors (Lipinski definition) is 3. The molecule has 1 atom stereocenters. The van der Waals surface area contributed by atoms with Crippen molar-refractivity contribution in [3.05, 3.63) is 95.3 Å². The van der Waals surface area contributed by atoms with Crippen LogP contribution in [0.3, 0.4) is 0 Å². The molecular weight excluding hydrogens is 398 g/mol. The number of fused-ring (bicyclic) bond motifs is 1. The number of nitrogens with zero attached hydrogens (tertiary/aromatic N) is 1. The van der Waals surface area contributed by atoms with Gasteiger partial charge >= 0.3 is 5.97 Å². The fourth-order valence-electron chi connectivity index (χ4n) is 4.39. The Morgan fingerprint density at radius 1 is 0.969 bits per heavy atom. The molecule has 5 nitrogen and oxygen atoms in total. The molecule has 1 heterocycles. The Kier molecular flexibility index (Phi) is 5.33. The minimum Gasteiger partial charge on any atom is -0.478 e.